The van der Waals surface area contributed by atoms with Gasteiger partial charge in [-0.25, -0.2) is 0 Å². The first-order valence-corrected chi connectivity index (χ1v) is 6.54. The molecule has 1 heterocycles. The maximum atomic E-state index is 12.5. The number of ketones is 1. The number of carbonyl (C=O) groups is 1. The summed E-state index contributed by atoms with van der Waals surface area (Å²) in [5.74, 6) is -0.458. The quantitative estimate of drug-likeness (QED) is 0.788. The van der Waals surface area contributed by atoms with E-state index in [0.29, 0.717) is 0 Å². The Morgan fingerprint density at radius 1 is 1.24 bits per heavy atom. The van der Waals surface area contributed by atoms with Crippen molar-refractivity contribution in [1.29, 1.82) is 0 Å². The van der Waals surface area contributed by atoms with E-state index in [2.05, 4.69) is 5.10 Å². The lowest BCUT2D eigenvalue weighted by molar-refractivity contribution is -0.137. The number of nitrogens with zero attached hydrogens (tertiary/aromatic N) is 2. The van der Waals surface area contributed by atoms with Gasteiger partial charge in [0.2, 0.25) is 5.78 Å². The molecule has 1 aromatic carbocycles. The number of hydrogen-bond donors (Lipinski definition) is 0. The first-order valence-electron chi connectivity index (χ1n) is 6.16. The van der Waals surface area contributed by atoms with Crippen LogP contribution in [0.4, 0.5) is 13.2 Å². The summed E-state index contributed by atoms with van der Waals surface area (Å²) in [5, 5.41) is 4.18. The highest BCUT2D eigenvalue weighted by Gasteiger charge is 2.30. The summed E-state index contributed by atoms with van der Waals surface area (Å²) in [6, 6.07) is 3.93. The van der Waals surface area contributed by atoms with Crippen LogP contribution in [0.2, 0.25) is 5.02 Å². The second-order valence-electron chi connectivity index (χ2n) is 4.78. The lowest BCUT2D eigenvalue weighted by Gasteiger charge is -2.11. The van der Waals surface area contributed by atoms with Crippen LogP contribution < -0.4 is 0 Å². The van der Waals surface area contributed by atoms with E-state index in [1.54, 1.807) is 0 Å². The van der Waals surface area contributed by atoms with Gasteiger partial charge in [-0.2, -0.15) is 18.3 Å². The first kappa shape index (κ1) is 15.6. The number of hydrogen-bond acceptors (Lipinski definition) is 2. The van der Waals surface area contributed by atoms with Gasteiger partial charge in [0, 0.05) is 11.6 Å². The fourth-order valence-corrected chi connectivity index (χ4v) is 2.11. The number of rotatable bonds is 3. The first-order chi connectivity index (χ1) is 9.71. The van der Waals surface area contributed by atoms with E-state index in [9.17, 15) is 18.0 Å². The van der Waals surface area contributed by atoms with Crippen LogP contribution in [0.1, 0.15) is 41.5 Å². The van der Waals surface area contributed by atoms with Crippen molar-refractivity contribution in [3.63, 3.8) is 0 Å². The molecule has 0 unspecified atom stereocenters. The molecule has 2 rings (SSSR count). The number of aromatic nitrogens is 2. The zero-order chi connectivity index (χ0) is 15.8. The van der Waals surface area contributed by atoms with E-state index in [1.807, 2.05) is 13.8 Å². The summed E-state index contributed by atoms with van der Waals surface area (Å²) in [6.07, 6.45) is -3.09. The van der Waals surface area contributed by atoms with Crippen molar-refractivity contribution in [2.24, 2.45) is 0 Å². The van der Waals surface area contributed by atoms with Gasteiger partial charge in [0.05, 0.1) is 16.8 Å². The molecule has 0 N–H and O–H groups in total. The zero-order valence-corrected chi connectivity index (χ0v) is 12.0. The molecule has 112 valence electrons. The Hall–Kier alpha value is -1.82. The van der Waals surface area contributed by atoms with Crippen LogP contribution in [0.25, 0.3) is 0 Å². The average Bonchev–Trinajstić information content (AvgIpc) is 2.79. The van der Waals surface area contributed by atoms with Gasteiger partial charge in [-0.1, -0.05) is 23.7 Å². The van der Waals surface area contributed by atoms with Crippen LogP contribution in [0.3, 0.4) is 0 Å². The molecule has 0 aliphatic rings. The highest BCUT2D eigenvalue weighted by Crippen LogP contribution is 2.30. The Kier molecular flexibility index (Phi) is 4.09. The number of benzene rings is 1. The molecule has 0 radical (unpaired) electrons. The maximum absolute atomic E-state index is 12.5. The van der Waals surface area contributed by atoms with Crippen molar-refractivity contribution >= 4 is 17.4 Å². The van der Waals surface area contributed by atoms with Gasteiger partial charge in [-0.05, 0) is 26.0 Å². The second-order valence-corrected chi connectivity index (χ2v) is 5.19. The van der Waals surface area contributed by atoms with Gasteiger partial charge < -0.3 is 0 Å². The Labute approximate surface area is 124 Å². The monoisotopic (exact) mass is 316 g/mol. The van der Waals surface area contributed by atoms with Gasteiger partial charge in [0.1, 0.15) is 5.69 Å². The molecule has 0 spiro atoms. The lowest BCUT2D eigenvalue weighted by atomic mass is 10.1. The standard InChI is InChI=1S/C14H12ClF3N2O/c1-8(2)20-12(11(15)7-19-20)13(21)9-3-5-10(6-4-9)14(16,17)18/h3-8H,1-2H3. The molecule has 0 atom stereocenters. The summed E-state index contributed by atoms with van der Waals surface area (Å²) in [7, 11) is 0. The molecular weight excluding hydrogens is 305 g/mol. The molecule has 0 saturated heterocycles. The van der Waals surface area contributed by atoms with Crippen LogP contribution in [-0.4, -0.2) is 15.6 Å². The Morgan fingerprint density at radius 3 is 2.29 bits per heavy atom. The Balaban J connectivity index is 2.39. The topological polar surface area (TPSA) is 34.9 Å². The molecule has 21 heavy (non-hydrogen) atoms. The SMILES string of the molecule is CC(C)n1ncc(Cl)c1C(=O)c1ccc(C(F)(F)F)cc1. The number of halogens is 4. The van der Waals surface area contributed by atoms with E-state index in [-0.39, 0.29) is 22.3 Å². The molecule has 0 saturated carbocycles. The maximum Gasteiger partial charge on any atom is 0.416 e. The van der Waals surface area contributed by atoms with Gasteiger partial charge in [-0.15, -0.1) is 0 Å². The highest BCUT2D eigenvalue weighted by molar-refractivity contribution is 6.34. The minimum absolute atomic E-state index is 0.0918. The molecular formula is C14H12ClF3N2O. The van der Waals surface area contributed by atoms with Crippen LogP contribution >= 0.6 is 11.6 Å². The molecule has 7 heteroatoms. The van der Waals surface area contributed by atoms with E-state index in [4.69, 9.17) is 11.6 Å². The fourth-order valence-electron chi connectivity index (χ4n) is 1.89. The van der Waals surface area contributed by atoms with Gasteiger partial charge >= 0.3 is 6.18 Å². The average molecular weight is 317 g/mol. The van der Waals surface area contributed by atoms with Crippen molar-refractivity contribution in [1.82, 2.24) is 9.78 Å². The van der Waals surface area contributed by atoms with Crippen LogP contribution in [-0.2, 0) is 6.18 Å². The highest BCUT2D eigenvalue weighted by atomic mass is 35.5. The lowest BCUT2D eigenvalue weighted by Crippen LogP contribution is -2.14. The van der Waals surface area contributed by atoms with Crippen molar-refractivity contribution in [3.05, 3.63) is 52.3 Å². The zero-order valence-electron chi connectivity index (χ0n) is 11.3. The van der Waals surface area contributed by atoms with Gasteiger partial charge in [-0.3, -0.25) is 9.48 Å². The van der Waals surface area contributed by atoms with E-state index >= 15 is 0 Å². The molecule has 0 amide bonds. The molecule has 0 aliphatic carbocycles. The summed E-state index contributed by atoms with van der Waals surface area (Å²) in [4.78, 5) is 12.4. The molecule has 3 nitrogen and oxygen atoms in total. The van der Waals surface area contributed by atoms with E-state index in [1.165, 1.54) is 10.9 Å². The largest absolute Gasteiger partial charge is 0.416 e. The molecule has 0 fully saturated rings. The van der Waals surface area contributed by atoms with Gasteiger partial charge in [0.15, 0.2) is 0 Å². The smallest absolute Gasteiger partial charge is 0.287 e. The summed E-state index contributed by atoms with van der Waals surface area (Å²) in [5.41, 5.74) is -0.499. The Morgan fingerprint density at radius 2 is 1.81 bits per heavy atom. The van der Waals surface area contributed by atoms with E-state index < -0.39 is 17.5 Å². The predicted molar refractivity (Wildman–Crippen MR) is 72.5 cm³/mol. The van der Waals surface area contributed by atoms with Crippen molar-refractivity contribution < 1.29 is 18.0 Å². The third-order valence-corrected chi connectivity index (χ3v) is 3.21. The summed E-state index contributed by atoms with van der Waals surface area (Å²) < 4.78 is 39.0. The fraction of sp³-hybridized carbons (Fsp3) is 0.286. The predicted octanol–water partition coefficient (Wildman–Crippen LogP) is 4.37. The Bertz CT molecular complexity index is 660. The third kappa shape index (κ3) is 3.10. The second kappa shape index (κ2) is 5.52. The normalized spacial score (nSPS) is 12.0. The summed E-state index contributed by atoms with van der Waals surface area (Å²) >= 11 is 5.95. The minimum Gasteiger partial charge on any atom is -0.287 e. The third-order valence-electron chi connectivity index (χ3n) is 2.93. The van der Waals surface area contributed by atoms with Crippen LogP contribution in [0, 0.1) is 0 Å². The molecule has 2 aromatic rings. The van der Waals surface area contributed by atoms with E-state index in [0.717, 1.165) is 24.3 Å². The van der Waals surface area contributed by atoms with Crippen molar-refractivity contribution in [2.45, 2.75) is 26.1 Å². The molecule has 0 bridgehead atoms. The van der Waals surface area contributed by atoms with Crippen molar-refractivity contribution in [2.75, 3.05) is 0 Å². The van der Waals surface area contributed by atoms with Crippen LogP contribution in [0.5, 0.6) is 0 Å². The minimum atomic E-state index is -4.43. The number of alkyl halides is 3. The summed E-state index contributed by atoms with van der Waals surface area (Å²) in [6.45, 7) is 3.65. The number of carbonyl (C=O) groups excluding carboxylic acids is 1. The van der Waals surface area contributed by atoms with Gasteiger partial charge in [0.25, 0.3) is 0 Å². The molecule has 0 aliphatic heterocycles. The molecule has 1 aromatic heterocycles. The van der Waals surface area contributed by atoms with Crippen LogP contribution in [0.15, 0.2) is 30.5 Å². The van der Waals surface area contributed by atoms with Crippen molar-refractivity contribution in [3.8, 4) is 0 Å².